The first kappa shape index (κ1) is 14.9. The average Bonchev–Trinajstić information content (AvgIpc) is 1.84. The molecule has 0 aromatic heterocycles. The first-order valence-corrected chi connectivity index (χ1v) is 4.43. The SMILES string of the molecule is CC(C)(C)CCO.CC(C)ON=O. The van der Waals surface area contributed by atoms with Crippen LogP contribution < -0.4 is 0 Å². The molecule has 0 amide bonds. The summed E-state index contributed by atoms with van der Waals surface area (Å²) in [7, 11) is 0. The first-order chi connectivity index (χ1) is 5.83. The molecule has 13 heavy (non-hydrogen) atoms. The first-order valence-electron chi connectivity index (χ1n) is 4.43. The smallest absolute Gasteiger partial charge is 0.155 e. The van der Waals surface area contributed by atoms with Gasteiger partial charge in [-0.1, -0.05) is 20.8 Å². The zero-order valence-corrected chi connectivity index (χ0v) is 9.20. The van der Waals surface area contributed by atoms with Crippen molar-refractivity contribution in [1.29, 1.82) is 0 Å². The van der Waals surface area contributed by atoms with Gasteiger partial charge >= 0.3 is 0 Å². The fraction of sp³-hybridized carbons (Fsp3) is 1.00. The van der Waals surface area contributed by atoms with Crippen molar-refractivity contribution in [3.05, 3.63) is 4.91 Å². The second-order valence-corrected chi connectivity index (χ2v) is 4.26. The van der Waals surface area contributed by atoms with Gasteiger partial charge < -0.3 is 9.94 Å². The number of hydrogen-bond acceptors (Lipinski definition) is 4. The molecule has 0 radical (unpaired) electrons. The van der Waals surface area contributed by atoms with Crippen LogP contribution >= 0.6 is 0 Å². The molecule has 0 saturated heterocycles. The van der Waals surface area contributed by atoms with Gasteiger partial charge in [0, 0.05) is 6.61 Å². The van der Waals surface area contributed by atoms with E-state index in [1.165, 1.54) is 0 Å². The Morgan fingerprint density at radius 1 is 1.38 bits per heavy atom. The number of hydrogen-bond donors (Lipinski definition) is 1. The summed E-state index contributed by atoms with van der Waals surface area (Å²) in [4.78, 5) is 13.3. The molecule has 0 aromatic carbocycles. The third-order valence-electron chi connectivity index (χ3n) is 1.12. The van der Waals surface area contributed by atoms with Crippen LogP contribution in [0.1, 0.15) is 41.0 Å². The van der Waals surface area contributed by atoms with Crippen LogP contribution in [0.5, 0.6) is 0 Å². The van der Waals surface area contributed by atoms with Gasteiger partial charge in [0.25, 0.3) is 0 Å². The quantitative estimate of drug-likeness (QED) is 0.550. The second kappa shape index (κ2) is 7.98. The topological polar surface area (TPSA) is 58.9 Å². The molecular weight excluding hydrogens is 170 g/mol. The van der Waals surface area contributed by atoms with Crippen LogP contribution in [0.3, 0.4) is 0 Å². The van der Waals surface area contributed by atoms with Crippen molar-refractivity contribution < 1.29 is 9.94 Å². The van der Waals surface area contributed by atoms with Gasteiger partial charge in [-0.15, -0.1) is 4.91 Å². The highest BCUT2D eigenvalue weighted by Gasteiger charge is 2.06. The molecule has 0 fully saturated rings. The molecule has 0 unspecified atom stereocenters. The maximum Gasteiger partial charge on any atom is 0.155 e. The Bertz CT molecular complexity index is 119. The maximum absolute atomic E-state index is 9.14. The Morgan fingerprint density at radius 2 is 1.85 bits per heavy atom. The summed E-state index contributed by atoms with van der Waals surface area (Å²) in [6, 6.07) is 0. The van der Waals surface area contributed by atoms with E-state index < -0.39 is 0 Å². The molecule has 0 heterocycles. The van der Waals surface area contributed by atoms with Crippen LogP contribution in [0.4, 0.5) is 0 Å². The summed E-state index contributed by atoms with van der Waals surface area (Å²) in [6.07, 6.45) is 0.815. The van der Waals surface area contributed by atoms with E-state index in [0.29, 0.717) is 12.0 Å². The van der Waals surface area contributed by atoms with Gasteiger partial charge in [-0.3, -0.25) is 0 Å². The van der Waals surface area contributed by atoms with Gasteiger partial charge in [-0.2, -0.15) is 0 Å². The van der Waals surface area contributed by atoms with Crippen molar-refractivity contribution in [3.8, 4) is 0 Å². The van der Waals surface area contributed by atoms with Crippen molar-refractivity contribution in [2.24, 2.45) is 10.8 Å². The minimum atomic E-state index is -0.0810. The zero-order valence-electron chi connectivity index (χ0n) is 9.20. The fourth-order valence-corrected chi connectivity index (χ4v) is 0.421. The summed E-state index contributed by atoms with van der Waals surface area (Å²) >= 11 is 0. The summed E-state index contributed by atoms with van der Waals surface area (Å²) in [5.41, 5.74) is 0.300. The lowest BCUT2D eigenvalue weighted by Crippen LogP contribution is -2.06. The molecule has 1 N–H and O–H groups in total. The van der Waals surface area contributed by atoms with Crippen molar-refractivity contribution >= 4 is 0 Å². The zero-order chi connectivity index (χ0) is 10.9. The standard InChI is InChI=1S/C6H14O.C3H7NO2/c1-6(2,3)4-5-7;1-3(2)6-4-5/h7H,4-5H2,1-3H3;3H,1-2H3. The maximum atomic E-state index is 9.14. The van der Waals surface area contributed by atoms with Crippen molar-refractivity contribution in [3.63, 3.8) is 0 Å². The minimum Gasteiger partial charge on any atom is -0.396 e. The highest BCUT2D eigenvalue weighted by molar-refractivity contribution is 4.58. The molecule has 4 heteroatoms. The van der Waals surface area contributed by atoms with Crippen LogP contribution in [0.25, 0.3) is 0 Å². The molecular formula is C9H21NO3. The van der Waals surface area contributed by atoms with Gasteiger partial charge in [0.15, 0.2) is 5.34 Å². The van der Waals surface area contributed by atoms with E-state index in [-0.39, 0.29) is 6.10 Å². The molecule has 0 atom stereocenters. The second-order valence-electron chi connectivity index (χ2n) is 4.26. The molecule has 0 saturated carbocycles. The number of aliphatic hydroxyl groups is 1. The highest BCUT2D eigenvalue weighted by Crippen LogP contribution is 2.16. The molecule has 4 nitrogen and oxygen atoms in total. The molecule has 0 spiro atoms. The predicted octanol–water partition coefficient (Wildman–Crippen LogP) is 2.51. The number of rotatable bonds is 3. The van der Waals surface area contributed by atoms with E-state index >= 15 is 0 Å². The Kier molecular flexibility index (Phi) is 9.12. The van der Waals surface area contributed by atoms with Crippen LogP contribution in [0.15, 0.2) is 5.34 Å². The van der Waals surface area contributed by atoms with Gasteiger partial charge in [-0.05, 0) is 25.7 Å². The van der Waals surface area contributed by atoms with E-state index in [2.05, 4.69) is 30.9 Å². The van der Waals surface area contributed by atoms with Crippen molar-refractivity contribution in [2.45, 2.75) is 47.1 Å². The van der Waals surface area contributed by atoms with Gasteiger partial charge in [-0.25, -0.2) is 0 Å². The lowest BCUT2D eigenvalue weighted by Gasteiger charge is -2.14. The van der Waals surface area contributed by atoms with Gasteiger partial charge in [0.1, 0.15) is 6.10 Å². The molecule has 0 aliphatic heterocycles. The average molecular weight is 191 g/mol. The summed E-state index contributed by atoms with van der Waals surface area (Å²) < 4.78 is 0. The molecule has 0 aliphatic rings. The summed E-state index contributed by atoms with van der Waals surface area (Å²) in [5, 5.41) is 10.6. The van der Waals surface area contributed by atoms with E-state index in [9.17, 15) is 0 Å². The lowest BCUT2D eigenvalue weighted by atomic mass is 9.93. The fourth-order valence-electron chi connectivity index (χ4n) is 0.421. The number of aliphatic hydroxyl groups excluding tert-OH is 1. The molecule has 0 bridgehead atoms. The Labute approximate surface area is 80.2 Å². The summed E-state index contributed by atoms with van der Waals surface area (Å²) in [5.74, 6) is 0. The van der Waals surface area contributed by atoms with Crippen molar-refractivity contribution in [1.82, 2.24) is 0 Å². The molecule has 0 aromatic rings. The number of nitrogens with zero attached hydrogens (tertiary/aromatic N) is 1. The minimum absolute atomic E-state index is 0.0810. The lowest BCUT2D eigenvalue weighted by molar-refractivity contribution is 0.0819. The van der Waals surface area contributed by atoms with E-state index in [1.54, 1.807) is 13.8 Å². The van der Waals surface area contributed by atoms with Crippen LogP contribution in [0.2, 0.25) is 0 Å². The molecule has 0 rings (SSSR count). The largest absolute Gasteiger partial charge is 0.396 e. The predicted molar refractivity (Wildman–Crippen MR) is 53.2 cm³/mol. The molecule has 80 valence electrons. The van der Waals surface area contributed by atoms with Gasteiger partial charge in [0.05, 0.1) is 0 Å². The van der Waals surface area contributed by atoms with Gasteiger partial charge in [0.2, 0.25) is 0 Å². The Morgan fingerprint density at radius 3 is 1.85 bits per heavy atom. The Hall–Kier alpha value is -0.640. The van der Waals surface area contributed by atoms with Crippen LogP contribution in [-0.4, -0.2) is 17.8 Å². The third kappa shape index (κ3) is 24.6. The van der Waals surface area contributed by atoms with E-state index in [4.69, 9.17) is 10.0 Å². The van der Waals surface area contributed by atoms with Crippen LogP contribution in [0, 0.1) is 10.3 Å². The molecule has 0 aliphatic carbocycles. The summed E-state index contributed by atoms with van der Waals surface area (Å²) in [6.45, 7) is 10.1. The third-order valence-corrected chi connectivity index (χ3v) is 1.12. The monoisotopic (exact) mass is 191 g/mol. The van der Waals surface area contributed by atoms with E-state index in [0.717, 1.165) is 6.42 Å². The Balaban J connectivity index is 0. The van der Waals surface area contributed by atoms with E-state index in [1.807, 2.05) is 0 Å². The van der Waals surface area contributed by atoms with Crippen LogP contribution in [-0.2, 0) is 4.84 Å². The van der Waals surface area contributed by atoms with Crippen molar-refractivity contribution in [2.75, 3.05) is 6.61 Å². The normalized spacial score (nSPS) is 10.4. The highest BCUT2D eigenvalue weighted by atomic mass is 16.7.